The van der Waals surface area contributed by atoms with Crippen LogP contribution in [-0.4, -0.2) is 34.3 Å². The van der Waals surface area contributed by atoms with Crippen LogP contribution in [0.3, 0.4) is 0 Å². The monoisotopic (exact) mass is 247 g/mol. The number of carbonyl (C=O) groups is 1. The van der Waals surface area contributed by atoms with Gasteiger partial charge < -0.3 is 15.1 Å². The highest BCUT2D eigenvalue weighted by Gasteiger charge is 2.17. The number of piperidine rings is 1. The van der Waals surface area contributed by atoms with Gasteiger partial charge in [-0.3, -0.25) is 0 Å². The molecule has 1 fully saturated rings. The first-order valence-corrected chi connectivity index (χ1v) is 6.06. The van der Waals surface area contributed by atoms with Crippen molar-refractivity contribution in [3.8, 4) is 0 Å². The standard InChI is InChI=1S/C14H17NO3/c16-10-13-3-1-11(2-4-13)9-12-5-7-15(8-6-12)14(17)18/h1-4,9,16H,5-8,10H2,(H,17,18). The van der Waals surface area contributed by atoms with E-state index >= 15 is 0 Å². The summed E-state index contributed by atoms with van der Waals surface area (Å²) in [5, 5.41) is 17.8. The highest BCUT2D eigenvalue weighted by atomic mass is 16.4. The normalized spacial score (nSPS) is 15.6. The molecule has 4 heteroatoms. The zero-order chi connectivity index (χ0) is 13.0. The zero-order valence-corrected chi connectivity index (χ0v) is 10.2. The molecule has 4 nitrogen and oxygen atoms in total. The van der Waals surface area contributed by atoms with Gasteiger partial charge in [0.05, 0.1) is 6.61 Å². The van der Waals surface area contributed by atoms with Gasteiger partial charge in [0.25, 0.3) is 0 Å². The van der Waals surface area contributed by atoms with E-state index in [1.807, 2.05) is 24.3 Å². The summed E-state index contributed by atoms with van der Waals surface area (Å²) in [6, 6.07) is 7.75. The van der Waals surface area contributed by atoms with Gasteiger partial charge in [0, 0.05) is 13.1 Å². The Morgan fingerprint density at radius 1 is 1.22 bits per heavy atom. The Balaban J connectivity index is 1.99. The lowest BCUT2D eigenvalue weighted by molar-refractivity contribution is 0.142. The van der Waals surface area contributed by atoms with E-state index in [2.05, 4.69) is 6.08 Å². The first kappa shape index (κ1) is 12.6. The van der Waals surface area contributed by atoms with Gasteiger partial charge in [-0.2, -0.15) is 0 Å². The van der Waals surface area contributed by atoms with Crippen LogP contribution in [0, 0.1) is 0 Å². The SMILES string of the molecule is O=C(O)N1CCC(=Cc2ccc(CO)cc2)CC1. The van der Waals surface area contributed by atoms with Crippen LogP contribution in [0.4, 0.5) is 4.79 Å². The molecule has 96 valence electrons. The van der Waals surface area contributed by atoms with Crippen molar-refractivity contribution in [3.05, 3.63) is 41.0 Å². The van der Waals surface area contributed by atoms with Crippen LogP contribution in [0.5, 0.6) is 0 Å². The van der Waals surface area contributed by atoms with Crippen LogP contribution in [0.2, 0.25) is 0 Å². The van der Waals surface area contributed by atoms with E-state index in [1.165, 1.54) is 10.5 Å². The number of nitrogens with zero attached hydrogens (tertiary/aromatic N) is 1. The summed E-state index contributed by atoms with van der Waals surface area (Å²) < 4.78 is 0. The van der Waals surface area contributed by atoms with E-state index < -0.39 is 6.09 Å². The van der Waals surface area contributed by atoms with Crippen LogP contribution in [0.1, 0.15) is 24.0 Å². The van der Waals surface area contributed by atoms with Gasteiger partial charge in [-0.05, 0) is 24.0 Å². The fraction of sp³-hybridized carbons (Fsp3) is 0.357. The van der Waals surface area contributed by atoms with E-state index in [4.69, 9.17) is 10.2 Å². The molecular weight excluding hydrogens is 230 g/mol. The van der Waals surface area contributed by atoms with Crippen LogP contribution in [-0.2, 0) is 6.61 Å². The third-order valence-corrected chi connectivity index (χ3v) is 3.21. The number of hydrogen-bond donors (Lipinski definition) is 2. The topological polar surface area (TPSA) is 60.8 Å². The minimum atomic E-state index is -0.832. The highest BCUT2D eigenvalue weighted by Crippen LogP contribution is 2.19. The molecule has 0 aliphatic carbocycles. The predicted octanol–water partition coefficient (Wildman–Crippen LogP) is 2.34. The van der Waals surface area contributed by atoms with E-state index in [-0.39, 0.29) is 6.61 Å². The van der Waals surface area contributed by atoms with E-state index in [9.17, 15) is 4.79 Å². The quantitative estimate of drug-likeness (QED) is 0.843. The molecule has 0 bridgehead atoms. The van der Waals surface area contributed by atoms with Crippen LogP contribution < -0.4 is 0 Å². The van der Waals surface area contributed by atoms with Gasteiger partial charge in [-0.1, -0.05) is 35.9 Å². The number of hydrogen-bond acceptors (Lipinski definition) is 2. The third-order valence-electron chi connectivity index (χ3n) is 3.21. The Bertz CT molecular complexity index is 441. The Morgan fingerprint density at radius 3 is 2.33 bits per heavy atom. The third kappa shape index (κ3) is 3.11. The van der Waals surface area contributed by atoms with Gasteiger partial charge in [-0.15, -0.1) is 0 Å². The van der Waals surface area contributed by atoms with Gasteiger partial charge in [0.2, 0.25) is 0 Å². The van der Waals surface area contributed by atoms with Gasteiger partial charge in [0.1, 0.15) is 0 Å². The minimum absolute atomic E-state index is 0.0599. The molecule has 0 radical (unpaired) electrons. The molecule has 1 aromatic carbocycles. The smallest absolute Gasteiger partial charge is 0.407 e. The molecule has 1 aromatic rings. The molecule has 1 amide bonds. The lowest BCUT2D eigenvalue weighted by Crippen LogP contribution is -2.35. The molecule has 2 N–H and O–H groups in total. The molecule has 18 heavy (non-hydrogen) atoms. The highest BCUT2D eigenvalue weighted by molar-refractivity contribution is 5.65. The summed E-state index contributed by atoms with van der Waals surface area (Å²) >= 11 is 0. The van der Waals surface area contributed by atoms with E-state index in [0.29, 0.717) is 13.1 Å². The molecule has 2 rings (SSSR count). The van der Waals surface area contributed by atoms with Crippen molar-refractivity contribution in [3.63, 3.8) is 0 Å². The van der Waals surface area contributed by atoms with E-state index in [1.54, 1.807) is 0 Å². The molecule has 0 unspecified atom stereocenters. The van der Waals surface area contributed by atoms with Crippen LogP contribution in [0.15, 0.2) is 29.8 Å². The molecule has 1 saturated heterocycles. The summed E-state index contributed by atoms with van der Waals surface area (Å²) in [7, 11) is 0. The molecular formula is C14H17NO3. The van der Waals surface area contributed by atoms with Crippen molar-refractivity contribution in [2.75, 3.05) is 13.1 Å². The summed E-state index contributed by atoms with van der Waals surface area (Å²) in [5.74, 6) is 0. The first-order chi connectivity index (χ1) is 8.69. The average molecular weight is 247 g/mol. The Kier molecular flexibility index (Phi) is 3.99. The molecule has 0 atom stereocenters. The Hall–Kier alpha value is -1.81. The maximum absolute atomic E-state index is 10.8. The van der Waals surface area contributed by atoms with E-state index in [0.717, 1.165) is 24.0 Å². The van der Waals surface area contributed by atoms with Crippen molar-refractivity contribution in [2.45, 2.75) is 19.4 Å². The molecule has 0 spiro atoms. The molecule has 1 aliphatic heterocycles. The Morgan fingerprint density at radius 2 is 1.83 bits per heavy atom. The van der Waals surface area contributed by atoms with Gasteiger partial charge in [-0.25, -0.2) is 4.79 Å². The van der Waals surface area contributed by atoms with Gasteiger partial charge >= 0.3 is 6.09 Å². The fourth-order valence-corrected chi connectivity index (χ4v) is 2.08. The second-order valence-corrected chi connectivity index (χ2v) is 4.47. The largest absolute Gasteiger partial charge is 0.465 e. The summed E-state index contributed by atoms with van der Waals surface area (Å²) in [4.78, 5) is 12.2. The number of rotatable bonds is 2. The van der Waals surface area contributed by atoms with Crippen molar-refractivity contribution in [1.82, 2.24) is 4.90 Å². The second-order valence-electron chi connectivity index (χ2n) is 4.47. The minimum Gasteiger partial charge on any atom is -0.465 e. The maximum atomic E-state index is 10.8. The van der Waals surface area contributed by atoms with Crippen molar-refractivity contribution >= 4 is 12.2 Å². The van der Waals surface area contributed by atoms with Crippen molar-refractivity contribution in [1.29, 1.82) is 0 Å². The second kappa shape index (κ2) is 5.69. The average Bonchev–Trinajstić information content (AvgIpc) is 2.40. The van der Waals surface area contributed by atoms with Crippen LogP contribution >= 0.6 is 0 Å². The number of benzene rings is 1. The van der Waals surface area contributed by atoms with Gasteiger partial charge in [0.15, 0.2) is 0 Å². The summed E-state index contributed by atoms with van der Waals surface area (Å²) in [6.07, 6.45) is 2.88. The number of likely N-dealkylation sites (tertiary alicyclic amines) is 1. The zero-order valence-electron chi connectivity index (χ0n) is 10.2. The predicted molar refractivity (Wildman–Crippen MR) is 69.2 cm³/mol. The van der Waals surface area contributed by atoms with Crippen LogP contribution in [0.25, 0.3) is 6.08 Å². The molecule has 0 aromatic heterocycles. The molecule has 1 aliphatic rings. The lowest BCUT2D eigenvalue weighted by atomic mass is 10.0. The van der Waals surface area contributed by atoms with Crippen molar-refractivity contribution < 1.29 is 15.0 Å². The maximum Gasteiger partial charge on any atom is 0.407 e. The summed E-state index contributed by atoms with van der Waals surface area (Å²) in [5.41, 5.74) is 3.29. The molecule has 0 saturated carbocycles. The fourth-order valence-electron chi connectivity index (χ4n) is 2.08. The summed E-state index contributed by atoms with van der Waals surface area (Å²) in [6.45, 7) is 1.22. The lowest BCUT2D eigenvalue weighted by Gasteiger charge is -2.25. The number of amides is 1. The van der Waals surface area contributed by atoms with Crippen molar-refractivity contribution in [2.24, 2.45) is 0 Å². The molecule has 1 heterocycles. The Labute approximate surface area is 106 Å². The first-order valence-electron chi connectivity index (χ1n) is 6.06. The number of aliphatic hydroxyl groups is 1. The number of carboxylic acid groups (broad SMARTS) is 1. The number of aliphatic hydroxyl groups excluding tert-OH is 1.